The van der Waals surface area contributed by atoms with Crippen LogP contribution in [0, 0.1) is 0 Å². The van der Waals surface area contributed by atoms with Gasteiger partial charge in [-0.1, -0.05) is 19.8 Å². The Morgan fingerprint density at radius 3 is 1.60 bits per heavy atom. The Morgan fingerprint density at radius 2 is 1.04 bits per heavy atom. The van der Waals surface area contributed by atoms with Crippen molar-refractivity contribution < 1.29 is 57.6 Å². The predicted molar refractivity (Wildman–Crippen MR) is 195 cm³/mol. The fraction of sp³-hybridized carbons (Fsp3) is 0.800. The third-order valence-electron chi connectivity index (χ3n) is 7.63. The number of hydrogen-bond donors (Lipinski definition) is 7. The normalized spacial score (nSPS) is 12.0. The first kappa shape index (κ1) is 49.3. The summed E-state index contributed by atoms with van der Waals surface area (Å²) in [4.78, 5) is 82.3. The minimum Gasteiger partial charge on any atom is -0.480 e. The van der Waals surface area contributed by atoms with Crippen LogP contribution in [0.4, 0.5) is 0 Å². The third kappa shape index (κ3) is 31.5. The number of carboxylic acids is 1. The van der Waals surface area contributed by atoms with Crippen molar-refractivity contribution in [3.8, 4) is 0 Å². The molecule has 5 amide bonds. The van der Waals surface area contributed by atoms with Crippen LogP contribution in [0.1, 0.15) is 84.5 Å². The number of carbonyl (C=O) groups excluding carboxylic acids is 6. The van der Waals surface area contributed by atoms with Gasteiger partial charge in [-0.2, -0.15) is 0 Å². The van der Waals surface area contributed by atoms with Gasteiger partial charge in [0.25, 0.3) is 0 Å². The largest absolute Gasteiger partial charge is 0.480 e. The zero-order valence-electron chi connectivity index (χ0n) is 31.9. The van der Waals surface area contributed by atoms with E-state index in [1.54, 1.807) is 14.0 Å². The lowest BCUT2D eigenvalue weighted by Crippen LogP contribution is -2.41. The monoisotopic (exact) mass is 760 g/mol. The Hall–Kier alpha value is -3.71. The molecule has 0 saturated carbocycles. The van der Waals surface area contributed by atoms with Gasteiger partial charge in [-0.05, 0) is 52.5 Å². The quantitative estimate of drug-likeness (QED) is 0.0402. The topological polar surface area (TPSA) is 249 Å². The number of unbranched alkanes of at least 4 members (excludes halogenated alkanes) is 3. The number of aliphatic carboxylic acids is 1. The lowest BCUT2D eigenvalue weighted by molar-refractivity contribution is -0.142. The molecule has 0 spiro atoms. The van der Waals surface area contributed by atoms with E-state index in [1.807, 2.05) is 6.92 Å². The number of Topliss-reactive ketones (excluding diaryl/α,β-unsaturated/α-hetero) is 1. The number of ketones is 1. The Bertz CT molecular complexity index is 1060. The zero-order valence-corrected chi connectivity index (χ0v) is 31.9. The highest BCUT2D eigenvalue weighted by molar-refractivity contribution is 5.84. The molecule has 0 radical (unpaired) electrons. The second-order valence-electron chi connectivity index (χ2n) is 12.2. The number of likely N-dealkylation sites (N-methyl/N-ethyl adjacent to an activating group) is 1. The van der Waals surface area contributed by atoms with Crippen LogP contribution in [0.5, 0.6) is 0 Å². The fourth-order valence-electron chi connectivity index (χ4n) is 4.64. The van der Waals surface area contributed by atoms with Crippen LogP contribution >= 0.6 is 0 Å². The summed E-state index contributed by atoms with van der Waals surface area (Å²) < 4.78 is 21.2. The van der Waals surface area contributed by atoms with Gasteiger partial charge in [0.1, 0.15) is 25.0 Å². The summed E-state index contributed by atoms with van der Waals surface area (Å²) in [5.41, 5.74) is 0. The van der Waals surface area contributed by atoms with Gasteiger partial charge in [0.05, 0.1) is 45.7 Å². The third-order valence-corrected chi connectivity index (χ3v) is 7.63. The molecule has 306 valence electrons. The minimum absolute atomic E-state index is 0.0176. The van der Waals surface area contributed by atoms with E-state index in [1.165, 1.54) is 0 Å². The first-order valence-electron chi connectivity index (χ1n) is 18.6. The molecule has 2 atom stereocenters. The molecule has 0 saturated heterocycles. The number of rotatable bonds is 36. The molecule has 0 aliphatic rings. The molecule has 0 aromatic carbocycles. The van der Waals surface area contributed by atoms with Gasteiger partial charge in [-0.25, -0.2) is 4.79 Å². The smallest absolute Gasteiger partial charge is 0.326 e. The average Bonchev–Trinajstić information content (AvgIpc) is 3.12. The maximum atomic E-state index is 12.0. The molecular formula is C35H64N6O12. The summed E-state index contributed by atoms with van der Waals surface area (Å²) in [6.07, 6.45) is 5.87. The summed E-state index contributed by atoms with van der Waals surface area (Å²) >= 11 is 0. The summed E-state index contributed by atoms with van der Waals surface area (Å²) in [5.74, 6) is -2.47. The molecule has 0 aliphatic heterocycles. The molecule has 18 nitrogen and oxygen atoms in total. The highest BCUT2D eigenvalue weighted by atomic mass is 16.5. The van der Waals surface area contributed by atoms with Gasteiger partial charge < -0.3 is 56.0 Å². The molecule has 0 bridgehead atoms. The Balaban J connectivity index is 3.61. The van der Waals surface area contributed by atoms with Crippen molar-refractivity contribution in [3.63, 3.8) is 0 Å². The van der Waals surface area contributed by atoms with Crippen LogP contribution in [-0.4, -0.2) is 145 Å². The molecule has 0 fully saturated rings. The first-order valence-corrected chi connectivity index (χ1v) is 18.6. The van der Waals surface area contributed by atoms with E-state index in [0.717, 1.165) is 32.1 Å². The minimum atomic E-state index is -1.18. The second kappa shape index (κ2) is 34.1. The van der Waals surface area contributed by atoms with Crippen molar-refractivity contribution >= 4 is 41.3 Å². The van der Waals surface area contributed by atoms with Crippen molar-refractivity contribution in [1.82, 2.24) is 31.9 Å². The van der Waals surface area contributed by atoms with Gasteiger partial charge in [-0.15, -0.1) is 0 Å². The summed E-state index contributed by atoms with van der Waals surface area (Å²) in [5, 5.41) is 25.5. The van der Waals surface area contributed by atoms with Crippen LogP contribution in [0.3, 0.4) is 0 Å². The van der Waals surface area contributed by atoms with Gasteiger partial charge in [0, 0.05) is 45.4 Å². The van der Waals surface area contributed by atoms with E-state index < -0.39 is 12.0 Å². The van der Waals surface area contributed by atoms with E-state index in [-0.39, 0.29) is 127 Å². The lowest BCUT2D eigenvalue weighted by Gasteiger charge is -2.14. The molecule has 0 rings (SSSR count). The fourth-order valence-corrected chi connectivity index (χ4v) is 4.64. The maximum absolute atomic E-state index is 12.0. The standard InChI is InChI=1S/C35H64N6O12/c1-4-5-6-11-32(45)41-29(35(48)49)13-14-31(44)39-17-19-50-21-24-53-26-34(47)40-18-20-51-22-23-52-25-33(46)38-16-9-12-30(43)37-15-8-7-10-28(36-3)27(2)42/h28-29,36H,4-26H2,1-3H3,(H,37,43)(H,38,46)(H,39,44)(H,40,47)(H,41,45)(H,48,49). The van der Waals surface area contributed by atoms with E-state index in [4.69, 9.17) is 18.9 Å². The van der Waals surface area contributed by atoms with Crippen molar-refractivity contribution in [2.75, 3.05) is 86.1 Å². The molecule has 0 aromatic heterocycles. The molecule has 0 heterocycles. The summed E-state index contributed by atoms with van der Waals surface area (Å²) in [7, 11) is 1.76. The molecule has 2 unspecified atom stereocenters. The Morgan fingerprint density at radius 1 is 0.528 bits per heavy atom. The Labute approximate surface area is 313 Å². The second-order valence-corrected chi connectivity index (χ2v) is 12.2. The molecule has 18 heteroatoms. The zero-order chi connectivity index (χ0) is 39.5. The van der Waals surface area contributed by atoms with Gasteiger partial charge in [-0.3, -0.25) is 28.8 Å². The Kier molecular flexibility index (Phi) is 31.7. The average molecular weight is 761 g/mol. The van der Waals surface area contributed by atoms with E-state index >= 15 is 0 Å². The van der Waals surface area contributed by atoms with E-state index in [0.29, 0.717) is 32.4 Å². The van der Waals surface area contributed by atoms with Crippen LogP contribution in [0.25, 0.3) is 0 Å². The van der Waals surface area contributed by atoms with Crippen molar-refractivity contribution in [3.05, 3.63) is 0 Å². The molecule has 53 heavy (non-hydrogen) atoms. The van der Waals surface area contributed by atoms with Gasteiger partial charge >= 0.3 is 5.97 Å². The highest BCUT2D eigenvalue weighted by Crippen LogP contribution is 2.03. The molecule has 0 aromatic rings. The van der Waals surface area contributed by atoms with Gasteiger partial charge in [0.2, 0.25) is 29.5 Å². The number of hydrogen-bond acceptors (Lipinski definition) is 12. The van der Waals surface area contributed by atoms with Crippen LogP contribution < -0.4 is 31.9 Å². The highest BCUT2D eigenvalue weighted by Gasteiger charge is 2.20. The molecular weight excluding hydrogens is 696 g/mol. The van der Waals surface area contributed by atoms with Gasteiger partial charge in [0.15, 0.2) is 0 Å². The maximum Gasteiger partial charge on any atom is 0.326 e. The van der Waals surface area contributed by atoms with Crippen molar-refractivity contribution in [2.24, 2.45) is 0 Å². The van der Waals surface area contributed by atoms with E-state index in [2.05, 4.69) is 31.9 Å². The number of ether oxygens (including phenoxy) is 4. The van der Waals surface area contributed by atoms with E-state index in [9.17, 15) is 38.7 Å². The SMILES string of the molecule is CCCCCC(=O)NC(CCC(=O)NCCOCCOCC(=O)NCCOCCOCC(=O)NCCCC(=O)NCCCCC(NC)C(C)=O)C(=O)O. The first-order chi connectivity index (χ1) is 25.5. The molecule has 0 aliphatic carbocycles. The summed E-state index contributed by atoms with van der Waals surface area (Å²) in [6, 6.07) is -1.26. The predicted octanol–water partition coefficient (Wildman–Crippen LogP) is -0.425. The number of carboxylic acid groups (broad SMARTS) is 1. The summed E-state index contributed by atoms with van der Waals surface area (Å²) in [6.45, 7) is 5.91. The number of amides is 5. The van der Waals surface area contributed by atoms with Crippen LogP contribution in [-0.2, 0) is 52.5 Å². The van der Waals surface area contributed by atoms with Crippen LogP contribution in [0.2, 0.25) is 0 Å². The van der Waals surface area contributed by atoms with Crippen molar-refractivity contribution in [2.45, 2.75) is 96.6 Å². The van der Waals surface area contributed by atoms with Crippen LogP contribution in [0.15, 0.2) is 0 Å². The number of nitrogens with one attached hydrogen (secondary N) is 6. The molecule has 7 N–H and O–H groups in total. The van der Waals surface area contributed by atoms with Crippen molar-refractivity contribution in [1.29, 1.82) is 0 Å². The lowest BCUT2D eigenvalue weighted by atomic mass is 10.1. The number of carbonyl (C=O) groups is 7.